The van der Waals surface area contributed by atoms with Crippen LogP contribution in [0.4, 0.5) is 13.2 Å². The van der Waals surface area contributed by atoms with Gasteiger partial charge in [-0.3, -0.25) is 0 Å². The van der Waals surface area contributed by atoms with E-state index in [1.807, 2.05) is 0 Å². The highest BCUT2D eigenvalue weighted by Gasteiger charge is 2.34. The predicted octanol–water partition coefficient (Wildman–Crippen LogP) is 3.96. The Bertz CT molecular complexity index is 970. The number of hydrogen-bond acceptors (Lipinski definition) is 7. The number of benzene rings is 2. The summed E-state index contributed by atoms with van der Waals surface area (Å²) in [6, 6.07) is 10.6. The van der Waals surface area contributed by atoms with E-state index in [-0.39, 0.29) is 12.4 Å². The van der Waals surface area contributed by atoms with Crippen LogP contribution in [0, 0.1) is 6.92 Å². The summed E-state index contributed by atoms with van der Waals surface area (Å²) in [7, 11) is 0. The predicted molar refractivity (Wildman–Crippen MR) is 92.4 cm³/mol. The number of halogens is 3. The Morgan fingerprint density at radius 1 is 1.03 bits per heavy atom. The third kappa shape index (κ3) is 5.71. The van der Waals surface area contributed by atoms with Crippen molar-refractivity contribution >= 4 is 5.97 Å². The van der Waals surface area contributed by atoms with Crippen molar-refractivity contribution in [1.29, 1.82) is 0 Å². The highest BCUT2D eigenvalue weighted by Crippen LogP contribution is 2.35. The van der Waals surface area contributed by atoms with E-state index in [1.54, 1.807) is 19.1 Å². The topological polar surface area (TPSA) is 83.7 Å². The van der Waals surface area contributed by atoms with Gasteiger partial charge in [0.2, 0.25) is 0 Å². The maximum atomic E-state index is 12.9. The number of para-hydroxylation sites is 1. The molecule has 0 aliphatic carbocycles. The molecule has 1 heterocycles. The van der Waals surface area contributed by atoms with Crippen LogP contribution in [0.15, 0.2) is 53.1 Å². The van der Waals surface area contributed by atoms with Crippen LogP contribution in [0.3, 0.4) is 0 Å². The van der Waals surface area contributed by atoms with Crippen molar-refractivity contribution in [3.63, 3.8) is 0 Å². The molecule has 10 heteroatoms. The van der Waals surface area contributed by atoms with Crippen LogP contribution < -0.4 is 14.2 Å². The number of aryl methyl sites for hydroxylation is 1. The van der Waals surface area contributed by atoms with E-state index in [9.17, 15) is 18.0 Å². The summed E-state index contributed by atoms with van der Waals surface area (Å²) in [4.78, 5) is 15.9. The molecule has 7 nitrogen and oxygen atoms in total. The standard InChI is InChI=1S/C19H15F3N2O5/c1-12-23-17(29-24-12)10-26-13-6-8-14(9-7-13)28-18(25)11-27-16-5-3-2-4-15(16)19(20,21)22/h2-9H,10-11H2,1H3. The molecule has 0 spiro atoms. The number of aromatic nitrogens is 2. The molecular formula is C19H15F3N2O5. The Morgan fingerprint density at radius 2 is 1.72 bits per heavy atom. The number of carbonyl (C=O) groups excluding carboxylic acids is 1. The van der Waals surface area contributed by atoms with Gasteiger partial charge in [0.15, 0.2) is 19.0 Å². The van der Waals surface area contributed by atoms with Crippen LogP contribution in [0.5, 0.6) is 17.2 Å². The molecule has 1 aromatic heterocycles. The van der Waals surface area contributed by atoms with Gasteiger partial charge in [-0.05, 0) is 43.3 Å². The Hall–Kier alpha value is -3.56. The number of carbonyl (C=O) groups is 1. The maximum Gasteiger partial charge on any atom is 0.419 e. The molecule has 0 saturated heterocycles. The van der Waals surface area contributed by atoms with E-state index in [0.717, 1.165) is 12.1 Å². The minimum Gasteiger partial charge on any atom is -0.484 e. The Kier molecular flexibility index (Phi) is 6.01. The van der Waals surface area contributed by atoms with Crippen LogP contribution in [0.2, 0.25) is 0 Å². The normalized spacial score (nSPS) is 11.2. The van der Waals surface area contributed by atoms with Gasteiger partial charge in [0.1, 0.15) is 17.2 Å². The first-order valence-corrected chi connectivity index (χ1v) is 8.33. The lowest BCUT2D eigenvalue weighted by molar-refractivity contribution is -0.142. The number of nitrogens with zero attached hydrogens (tertiary/aromatic N) is 2. The molecule has 152 valence electrons. The smallest absolute Gasteiger partial charge is 0.419 e. The third-order valence-corrected chi connectivity index (χ3v) is 3.53. The van der Waals surface area contributed by atoms with E-state index in [2.05, 4.69) is 10.1 Å². The van der Waals surface area contributed by atoms with Gasteiger partial charge in [-0.1, -0.05) is 17.3 Å². The van der Waals surface area contributed by atoms with Crippen molar-refractivity contribution in [1.82, 2.24) is 10.1 Å². The van der Waals surface area contributed by atoms with Crippen molar-refractivity contribution < 1.29 is 36.7 Å². The average molecular weight is 408 g/mol. The maximum absolute atomic E-state index is 12.9. The second-order valence-electron chi connectivity index (χ2n) is 5.75. The molecule has 0 atom stereocenters. The molecule has 0 aliphatic rings. The van der Waals surface area contributed by atoms with E-state index in [4.69, 9.17) is 18.7 Å². The minimum absolute atomic E-state index is 0.0758. The Morgan fingerprint density at radius 3 is 2.38 bits per heavy atom. The molecular weight excluding hydrogens is 393 g/mol. The largest absolute Gasteiger partial charge is 0.484 e. The summed E-state index contributed by atoms with van der Waals surface area (Å²) in [5.41, 5.74) is -0.967. The number of hydrogen-bond donors (Lipinski definition) is 0. The average Bonchev–Trinajstić information content (AvgIpc) is 3.10. The third-order valence-electron chi connectivity index (χ3n) is 3.53. The summed E-state index contributed by atoms with van der Waals surface area (Å²) in [5, 5.41) is 3.64. The fraction of sp³-hybridized carbons (Fsp3) is 0.211. The molecule has 0 fully saturated rings. The molecule has 0 aliphatic heterocycles. The Labute approximate surface area is 163 Å². The van der Waals surface area contributed by atoms with Crippen LogP contribution in [0.1, 0.15) is 17.3 Å². The lowest BCUT2D eigenvalue weighted by Crippen LogP contribution is -2.19. The van der Waals surface area contributed by atoms with Gasteiger partial charge in [0.25, 0.3) is 5.89 Å². The second kappa shape index (κ2) is 8.63. The molecule has 3 rings (SSSR count). The first kappa shape index (κ1) is 20.2. The van der Waals surface area contributed by atoms with Crippen LogP contribution in [-0.2, 0) is 17.6 Å². The molecule has 29 heavy (non-hydrogen) atoms. The van der Waals surface area contributed by atoms with Crippen molar-refractivity contribution in [2.75, 3.05) is 6.61 Å². The SMILES string of the molecule is Cc1noc(COc2ccc(OC(=O)COc3ccccc3C(F)(F)F)cc2)n1. The molecule has 0 N–H and O–H groups in total. The van der Waals surface area contributed by atoms with Crippen molar-refractivity contribution in [2.45, 2.75) is 19.7 Å². The van der Waals surface area contributed by atoms with E-state index in [1.165, 1.54) is 24.3 Å². The number of alkyl halides is 3. The summed E-state index contributed by atoms with van der Waals surface area (Å²) in [5.74, 6) is 0.161. The van der Waals surface area contributed by atoms with Gasteiger partial charge in [0.05, 0.1) is 5.56 Å². The van der Waals surface area contributed by atoms with Crippen LogP contribution in [-0.4, -0.2) is 22.7 Å². The first-order chi connectivity index (χ1) is 13.8. The fourth-order valence-electron chi connectivity index (χ4n) is 2.27. The highest BCUT2D eigenvalue weighted by molar-refractivity contribution is 5.74. The van der Waals surface area contributed by atoms with Gasteiger partial charge in [-0.25, -0.2) is 4.79 Å². The minimum atomic E-state index is -4.59. The van der Waals surface area contributed by atoms with Gasteiger partial charge in [-0.15, -0.1) is 0 Å². The van der Waals surface area contributed by atoms with E-state index >= 15 is 0 Å². The molecule has 0 amide bonds. The zero-order valence-corrected chi connectivity index (χ0v) is 15.1. The first-order valence-electron chi connectivity index (χ1n) is 8.33. The molecule has 3 aromatic rings. The molecule has 0 radical (unpaired) electrons. The van der Waals surface area contributed by atoms with Crippen molar-refractivity contribution in [3.8, 4) is 17.2 Å². The van der Waals surface area contributed by atoms with Crippen molar-refractivity contribution in [2.24, 2.45) is 0 Å². The second-order valence-corrected chi connectivity index (χ2v) is 5.75. The fourth-order valence-corrected chi connectivity index (χ4v) is 2.27. The Balaban J connectivity index is 1.51. The summed E-state index contributed by atoms with van der Waals surface area (Å²) < 4.78 is 59.1. The lowest BCUT2D eigenvalue weighted by Gasteiger charge is -2.13. The van der Waals surface area contributed by atoms with Gasteiger partial charge >= 0.3 is 12.1 Å². The van der Waals surface area contributed by atoms with Crippen LogP contribution >= 0.6 is 0 Å². The van der Waals surface area contributed by atoms with Gasteiger partial charge in [-0.2, -0.15) is 18.2 Å². The van der Waals surface area contributed by atoms with E-state index < -0.39 is 30.1 Å². The lowest BCUT2D eigenvalue weighted by atomic mass is 10.2. The monoisotopic (exact) mass is 408 g/mol. The number of rotatable bonds is 7. The number of esters is 1. The highest BCUT2D eigenvalue weighted by atomic mass is 19.4. The van der Waals surface area contributed by atoms with Gasteiger partial charge < -0.3 is 18.7 Å². The van der Waals surface area contributed by atoms with E-state index in [0.29, 0.717) is 17.5 Å². The molecule has 0 saturated carbocycles. The summed E-state index contributed by atoms with van der Waals surface area (Å²) in [6.07, 6.45) is -4.59. The van der Waals surface area contributed by atoms with Gasteiger partial charge in [0, 0.05) is 0 Å². The zero-order valence-electron chi connectivity index (χ0n) is 15.1. The van der Waals surface area contributed by atoms with Crippen molar-refractivity contribution in [3.05, 3.63) is 65.8 Å². The summed E-state index contributed by atoms with van der Waals surface area (Å²) in [6.45, 7) is 1.08. The molecule has 0 unspecified atom stereocenters. The molecule has 2 aromatic carbocycles. The molecule has 0 bridgehead atoms. The quantitative estimate of drug-likeness (QED) is 0.432. The number of ether oxygens (including phenoxy) is 3. The summed E-state index contributed by atoms with van der Waals surface area (Å²) >= 11 is 0. The zero-order chi connectivity index (χ0) is 20.9. The van der Waals surface area contributed by atoms with Crippen LogP contribution in [0.25, 0.3) is 0 Å².